The van der Waals surface area contributed by atoms with E-state index in [0.29, 0.717) is 5.39 Å². The maximum atomic E-state index is 13.3. The number of benzene rings is 4. The van der Waals surface area contributed by atoms with Gasteiger partial charge < -0.3 is 5.11 Å². The summed E-state index contributed by atoms with van der Waals surface area (Å²) < 4.78 is 39.9. The average Bonchev–Trinajstić information content (AvgIpc) is 2.51. The smallest absolute Gasteiger partial charge is 0.376 e. The number of aliphatic hydroxyl groups is 1. The van der Waals surface area contributed by atoms with Crippen LogP contribution in [0, 0.1) is 0 Å². The van der Waals surface area contributed by atoms with Crippen LogP contribution >= 0.6 is 0 Å². The second kappa shape index (κ2) is 4.36. The molecule has 4 aromatic rings. The zero-order valence-electron chi connectivity index (χ0n) is 12.3. The Morgan fingerprint density at radius 3 is 1.87 bits per heavy atom. The van der Waals surface area contributed by atoms with E-state index in [2.05, 4.69) is 0 Å². The van der Waals surface area contributed by atoms with Crippen molar-refractivity contribution < 1.29 is 18.3 Å². The van der Waals surface area contributed by atoms with Crippen LogP contribution in [0.5, 0.6) is 0 Å². The minimum absolute atomic E-state index is 0.115. The van der Waals surface area contributed by atoms with Crippen LogP contribution in [0.4, 0.5) is 13.2 Å². The molecular weight excluding hydrogens is 301 g/mol. The number of rotatable bonds is 1. The molecule has 0 radical (unpaired) electrons. The molecule has 0 fully saturated rings. The zero-order valence-corrected chi connectivity index (χ0v) is 12.3. The van der Waals surface area contributed by atoms with Crippen LogP contribution in [0.25, 0.3) is 32.3 Å². The van der Waals surface area contributed by atoms with Gasteiger partial charge in [-0.2, -0.15) is 13.2 Å². The first-order valence-corrected chi connectivity index (χ1v) is 7.27. The average molecular weight is 314 g/mol. The number of hydrogen-bond acceptors (Lipinski definition) is 1. The van der Waals surface area contributed by atoms with Crippen molar-refractivity contribution in [2.75, 3.05) is 0 Å². The third-order valence-electron chi connectivity index (χ3n) is 4.61. The van der Waals surface area contributed by atoms with Gasteiger partial charge in [-0.3, -0.25) is 0 Å². The molecule has 1 unspecified atom stereocenters. The standard InChI is InChI=1S/C19H13F3O/c1-18(23,19(20,21)22)15-10-8-13-6-5-11-3-2-4-12-7-9-14(15)17(13)16(11)12/h2-10,23H,1H3. The first-order chi connectivity index (χ1) is 10.8. The van der Waals surface area contributed by atoms with Crippen molar-refractivity contribution in [1.82, 2.24) is 0 Å². The van der Waals surface area contributed by atoms with E-state index in [1.165, 1.54) is 6.07 Å². The van der Waals surface area contributed by atoms with Crippen LogP contribution in [-0.2, 0) is 5.60 Å². The molecular formula is C19H13F3O. The fourth-order valence-electron chi connectivity index (χ4n) is 3.31. The third kappa shape index (κ3) is 1.85. The predicted molar refractivity (Wildman–Crippen MR) is 85.8 cm³/mol. The van der Waals surface area contributed by atoms with Gasteiger partial charge >= 0.3 is 6.18 Å². The van der Waals surface area contributed by atoms with Crippen LogP contribution in [-0.4, -0.2) is 11.3 Å². The van der Waals surface area contributed by atoms with Crippen molar-refractivity contribution in [2.24, 2.45) is 0 Å². The topological polar surface area (TPSA) is 20.2 Å². The Balaban J connectivity index is 2.20. The van der Waals surface area contributed by atoms with Gasteiger partial charge in [0.1, 0.15) is 0 Å². The lowest BCUT2D eigenvalue weighted by Crippen LogP contribution is -2.39. The minimum atomic E-state index is -4.74. The third-order valence-corrected chi connectivity index (χ3v) is 4.61. The second-order valence-electron chi connectivity index (χ2n) is 6.04. The Hall–Kier alpha value is -2.33. The number of halogens is 3. The van der Waals surface area contributed by atoms with Gasteiger partial charge in [0.25, 0.3) is 0 Å². The number of hydrogen-bond donors (Lipinski definition) is 1. The Morgan fingerprint density at radius 2 is 1.26 bits per heavy atom. The van der Waals surface area contributed by atoms with E-state index < -0.39 is 11.8 Å². The van der Waals surface area contributed by atoms with E-state index in [1.54, 1.807) is 18.2 Å². The summed E-state index contributed by atoms with van der Waals surface area (Å²) in [5.74, 6) is 0. The van der Waals surface area contributed by atoms with Gasteiger partial charge in [-0.05, 0) is 39.2 Å². The Bertz CT molecular complexity index is 1020. The molecule has 4 rings (SSSR count). The molecule has 116 valence electrons. The maximum Gasteiger partial charge on any atom is 0.421 e. The van der Waals surface area contributed by atoms with Gasteiger partial charge in [0.2, 0.25) is 0 Å². The quantitative estimate of drug-likeness (QED) is 0.469. The fourth-order valence-corrected chi connectivity index (χ4v) is 3.31. The molecule has 0 saturated heterocycles. The number of alkyl halides is 3. The highest BCUT2D eigenvalue weighted by Crippen LogP contribution is 2.44. The van der Waals surface area contributed by atoms with Gasteiger partial charge in [-0.25, -0.2) is 0 Å². The van der Waals surface area contributed by atoms with Crippen molar-refractivity contribution in [3.05, 3.63) is 60.2 Å². The van der Waals surface area contributed by atoms with E-state index >= 15 is 0 Å². The van der Waals surface area contributed by atoms with Crippen LogP contribution in [0.2, 0.25) is 0 Å². The molecule has 0 aliphatic rings. The summed E-state index contributed by atoms with van der Waals surface area (Å²) >= 11 is 0. The van der Waals surface area contributed by atoms with Gasteiger partial charge in [0, 0.05) is 5.56 Å². The molecule has 0 heterocycles. The summed E-state index contributed by atoms with van der Waals surface area (Å²) in [4.78, 5) is 0. The second-order valence-corrected chi connectivity index (χ2v) is 6.04. The monoisotopic (exact) mass is 314 g/mol. The van der Waals surface area contributed by atoms with Gasteiger partial charge in [0.15, 0.2) is 5.60 Å². The maximum absolute atomic E-state index is 13.3. The van der Waals surface area contributed by atoms with Gasteiger partial charge in [-0.15, -0.1) is 0 Å². The molecule has 0 aliphatic heterocycles. The predicted octanol–water partition coefficient (Wildman–Crippen LogP) is 5.35. The van der Waals surface area contributed by atoms with Crippen molar-refractivity contribution in [1.29, 1.82) is 0 Å². The molecule has 0 aromatic heterocycles. The fraction of sp³-hybridized carbons (Fsp3) is 0.158. The minimum Gasteiger partial charge on any atom is -0.376 e. The summed E-state index contributed by atoms with van der Waals surface area (Å²) in [6, 6.07) is 16.2. The largest absolute Gasteiger partial charge is 0.421 e. The highest BCUT2D eigenvalue weighted by Gasteiger charge is 2.51. The van der Waals surface area contributed by atoms with Crippen molar-refractivity contribution in [3.8, 4) is 0 Å². The molecule has 23 heavy (non-hydrogen) atoms. The molecule has 0 saturated carbocycles. The molecule has 0 amide bonds. The van der Waals surface area contributed by atoms with Crippen LogP contribution in [0.15, 0.2) is 54.6 Å². The molecule has 1 nitrogen and oxygen atoms in total. The molecule has 0 aliphatic carbocycles. The summed E-state index contributed by atoms with van der Waals surface area (Å²) in [6.45, 7) is 0.805. The zero-order chi connectivity index (χ0) is 16.4. The first kappa shape index (κ1) is 14.3. The van der Waals surface area contributed by atoms with E-state index in [9.17, 15) is 18.3 Å². The molecule has 1 N–H and O–H groups in total. The summed E-state index contributed by atoms with van der Waals surface area (Å²) in [5, 5.41) is 15.1. The Kier molecular flexibility index (Phi) is 2.70. The van der Waals surface area contributed by atoms with E-state index in [4.69, 9.17) is 0 Å². The first-order valence-electron chi connectivity index (χ1n) is 7.27. The van der Waals surface area contributed by atoms with E-state index in [1.807, 2.05) is 30.3 Å². The van der Waals surface area contributed by atoms with Crippen molar-refractivity contribution in [3.63, 3.8) is 0 Å². The summed E-state index contributed by atoms with van der Waals surface area (Å²) in [7, 11) is 0. The van der Waals surface area contributed by atoms with Crippen molar-refractivity contribution in [2.45, 2.75) is 18.7 Å². The Labute approximate surface area is 130 Å². The summed E-state index contributed by atoms with van der Waals surface area (Å²) in [5.41, 5.74) is -3.01. The Morgan fingerprint density at radius 1 is 0.739 bits per heavy atom. The van der Waals surface area contributed by atoms with Gasteiger partial charge in [-0.1, -0.05) is 54.6 Å². The molecule has 4 heteroatoms. The summed E-state index contributed by atoms with van der Waals surface area (Å²) in [6.07, 6.45) is -4.74. The lowest BCUT2D eigenvalue weighted by atomic mass is 9.86. The van der Waals surface area contributed by atoms with E-state index in [-0.39, 0.29) is 5.56 Å². The van der Waals surface area contributed by atoms with E-state index in [0.717, 1.165) is 33.9 Å². The van der Waals surface area contributed by atoms with Crippen LogP contribution < -0.4 is 0 Å². The van der Waals surface area contributed by atoms with Crippen molar-refractivity contribution >= 4 is 32.3 Å². The van der Waals surface area contributed by atoms with Gasteiger partial charge in [0.05, 0.1) is 0 Å². The highest BCUT2D eigenvalue weighted by molar-refractivity contribution is 6.23. The molecule has 0 bridgehead atoms. The normalized spacial score (nSPS) is 15.5. The molecule has 1 atom stereocenters. The molecule has 4 aromatic carbocycles. The van der Waals surface area contributed by atoms with Crippen LogP contribution in [0.1, 0.15) is 12.5 Å². The lowest BCUT2D eigenvalue weighted by Gasteiger charge is -2.28. The highest BCUT2D eigenvalue weighted by atomic mass is 19.4. The molecule has 0 spiro atoms. The van der Waals surface area contributed by atoms with Crippen LogP contribution in [0.3, 0.4) is 0 Å². The lowest BCUT2D eigenvalue weighted by molar-refractivity contribution is -0.258. The SMILES string of the molecule is CC(O)(c1ccc2ccc3cccc4ccc1c2c34)C(F)(F)F.